The molecule has 5 heteroatoms. The Hall–Kier alpha value is -0.130. The summed E-state index contributed by atoms with van der Waals surface area (Å²) in [5.41, 5.74) is 0.455. The maximum atomic E-state index is 11.7. The van der Waals surface area contributed by atoms with Gasteiger partial charge in [0.05, 0.1) is 5.75 Å². The predicted molar refractivity (Wildman–Crippen MR) is 80.7 cm³/mol. The van der Waals surface area contributed by atoms with E-state index in [4.69, 9.17) is 0 Å². The number of rotatable bonds is 8. The van der Waals surface area contributed by atoms with Crippen molar-refractivity contribution >= 4 is 10.0 Å². The third kappa shape index (κ3) is 4.72. The molecule has 1 aliphatic heterocycles. The molecule has 1 aliphatic rings. The molecule has 0 aromatic heterocycles. The Labute approximate surface area is 119 Å². The third-order valence-electron chi connectivity index (χ3n) is 4.66. The van der Waals surface area contributed by atoms with Crippen molar-refractivity contribution in [3.05, 3.63) is 0 Å². The van der Waals surface area contributed by atoms with Crippen molar-refractivity contribution in [3.8, 4) is 0 Å². The lowest BCUT2D eigenvalue weighted by Gasteiger charge is -2.29. The molecule has 1 rings (SSSR count). The summed E-state index contributed by atoms with van der Waals surface area (Å²) in [7, 11) is -3.07. The molecule has 1 N–H and O–H groups in total. The van der Waals surface area contributed by atoms with Gasteiger partial charge in [-0.1, -0.05) is 20.8 Å². The van der Waals surface area contributed by atoms with Crippen molar-refractivity contribution in [2.24, 2.45) is 5.41 Å². The first-order valence-corrected chi connectivity index (χ1v) is 9.24. The quantitative estimate of drug-likeness (QED) is 0.745. The van der Waals surface area contributed by atoms with Crippen LogP contribution in [-0.4, -0.2) is 44.7 Å². The Morgan fingerprint density at radius 2 is 1.89 bits per heavy atom. The molecule has 0 aliphatic carbocycles. The zero-order valence-corrected chi connectivity index (χ0v) is 13.7. The van der Waals surface area contributed by atoms with Gasteiger partial charge in [0.25, 0.3) is 0 Å². The largest absolute Gasteiger partial charge is 0.299 e. The minimum absolute atomic E-state index is 0.230. The van der Waals surface area contributed by atoms with Crippen LogP contribution in [0.5, 0.6) is 0 Å². The summed E-state index contributed by atoms with van der Waals surface area (Å²) in [5, 5.41) is 0. The number of likely N-dealkylation sites (tertiary alicyclic amines) is 1. The topological polar surface area (TPSA) is 49.4 Å². The normalized spacial score (nSPS) is 21.7. The van der Waals surface area contributed by atoms with E-state index in [1.54, 1.807) is 0 Å². The van der Waals surface area contributed by atoms with E-state index in [0.717, 1.165) is 13.1 Å². The number of hydrogen-bond acceptors (Lipinski definition) is 3. The highest BCUT2D eigenvalue weighted by atomic mass is 32.2. The Morgan fingerprint density at radius 3 is 2.37 bits per heavy atom. The molecule has 114 valence electrons. The monoisotopic (exact) mass is 290 g/mol. The molecule has 1 saturated heterocycles. The van der Waals surface area contributed by atoms with Crippen LogP contribution in [0, 0.1) is 5.41 Å². The summed E-state index contributed by atoms with van der Waals surface area (Å²) in [6.45, 7) is 11.3. The molecular weight excluding hydrogens is 260 g/mol. The number of nitrogens with one attached hydrogen (secondary N) is 1. The summed E-state index contributed by atoms with van der Waals surface area (Å²) < 4.78 is 26.1. The molecule has 1 heterocycles. The Bertz CT molecular complexity index is 364. The Morgan fingerprint density at radius 1 is 1.26 bits per heavy atom. The lowest BCUT2D eigenvalue weighted by atomic mass is 9.82. The average Bonchev–Trinajstić information content (AvgIpc) is 2.81. The van der Waals surface area contributed by atoms with Crippen LogP contribution in [0.1, 0.15) is 53.4 Å². The molecule has 4 nitrogen and oxygen atoms in total. The fourth-order valence-electron chi connectivity index (χ4n) is 2.89. The van der Waals surface area contributed by atoms with E-state index in [9.17, 15) is 8.42 Å². The Kier molecular flexibility index (Phi) is 6.27. The van der Waals surface area contributed by atoms with Crippen LogP contribution >= 0.6 is 0 Å². The van der Waals surface area contributed by atoms with E-state index in [0.29, 0.717) is 18.4 Å². The van der Waals surface area contributed by atoms with Gasteiger partial charge >= 0.3 is 0 Å². The molecular formula is C14H30N2O2S. The lowest BCUT2D eigenvalue weighted by Crippen LogP contribution is -2.42. The van der Waals surface area contributed by atoms with E-state index < -0.39 is 10.0 Å². The summed E-state index contributed by atoms with van der Waals surface area (Å²) in [6.07, 6.45) is 4.34. The standard InChI is InChI=1S/C14H30N2O2S/c1-5-10-19(17,18)15-11-13(4)16-9-8-14(6-2,7-3)12-16/h13,15H,5-12H2,1-4H3. The maximum Gasteiger partial charge on any atom is 0.211 e. The van der Waals surface area contributed by atoms with Crippen molar-refractivity contribution in [1.29, 1.82) is 0 Å². The van der Waals surface area contributed by atoms with Crippen LogP contribution in [0.25, 0.3) is 0 Å². The molecule has 19 heavy (non-hydrogen) atoms. The first-order chi connectivity index (χ1) is 8.88. The molecule has 1 fully saturated rings. The predicted octanol–water partition coefficient (Wildman–Crippen LogP) is 2.22. The fraction of sp³-hybridized carbons (Fsp3) is 1.00. The number of hydrogen-bond donors (Lipinski definition) is 1. The molecule has 0 radical (unpaired) electrons. The summed E-state index contributed by atoms with van der Waals surface area (Å²) in [4.78, 5) is 2.43. The van der Waals surface area contributed by atoms with Crippen molar-refractivity contribution in [2.75, 3.05) is 25.4 Å². The first kappa shape index (κ1) is 16.9. The first-order valence-electron chi connectivity index (χ1n) is 7.59. The van der Waals surface area contributed by atoms with Gasteiger partial charge in [0.1, 0.15) is 0 Å². The van der Waals surface area contributed by atoms with Crippen LogP contribution in [0.15, 0.2) is 0 Å². The van der Waals surface area contributed by atoms with Crippen LogP contribution in [0.2, 0.25) is 0 Å². The third-order valence-corrected chi connectivity index (χ3v) is 6.21. The molecule has 1 atom stereocenters. The van der Waals surface area contributed by atoms with Crippen LogP contribution in [0.3, 0.4) is 0 Å². The van der Waals surface area contributed by atoms with Gasteiger partial charge in [0, 0.05) is 19.1 Å². The van der Waals surface area contributed by atoms with Gasteiger partial charge < -0.3 is 0 Å². The van der Waals surface area contributed by atoms with E-state index in [1.807, 2.05) is 6.92 Å². The average molecular weight is 290 g/mol. The summed E-state index contributed by atoms with van der Waals surface area (Å²) >= 11 is 0. The SMILES string of the molecule is CCCS(=O)(=O)NCC(C)N1CCC(CC)(CC)C1. The van der Waals surface area contributed by atoms with Crippen LogP contribution in [0.4, 0.5) is 0 Å². The highest BCUT2D eigenvalue weighted by Gasteiger charge is 2.36. The second-order valence-electron chi connectivity index (χ2n) is 5.94. The molecule has 0 amide bonds. The molecule has 0 aromatic rings. The van der Waals surface area contributed by atoms with E-state index in [1.165, 1.54) is 19.3 Å². The van der Waals surface area contributed by atoms with Crippen molar-refractivity contribution in [1.82, 2.24) is 9.62 Å². The highest BCUT2D eigenvalue weighted by Crippen LogP contribution is 2.37. The minimum Gasteiger partial charge on any atom is -0.299 e. The van der Waals surface area contributed by atoms with Crippen molar-refractivity contribution in [2.45, 2.75) is 59.4 Å². The highest BCUT2D eigenvalue weighted by molar-refractivity contribution is 7.89. The molecule has 0 spiro atoms. The molecule has 0 aromatic carbocycles. The van der Waals surface area contributed by atoms with Gasteiger partial charge in [-0.05, 0) is 44.6 Å². The van der Waals surface area contributed by atoms with Crippen molar-refractivity contribution in [3.63, 3.8) is 0 Å². The fourth-order valence-corrected chi connectivity index (χ4v) is 4.07. The van der Waals surface area contributed by atoms with Crippen LogP contribution in [-0.2, 0) is 10.0 Å². The number of nitrogens with zero attached hydrogens (tertiary/aromatic N) is 1. The summed E-state index contributed by atoms with van der Waals surface area (Å²) in [5.74, 6) is 0.230. The van der Waals surface area contributed by atoms with Crippen LogP contribution < -0.4 is 4.72 Å². The molecule has 0 bridgehead atoms. The Balaban J connectivity index is 2.46. The second-order valence-corrected chi connectivity index (χ2v) is 7.87. The van der Waals surface area contributed by atoms with Gasteiger partial charge in [-0.25, -0.2) is 13.1 Å². The smallest absolute Gasteiger partial charge is 0.211 e. The van der Waals surface area contributed by atoms with Gasteiger partial charge in [-0.3, -0.25) is 4.90 Å². The van der Waals surface area contributed by atoms with E-state index in [-0.39, 0.29) is 11.8 Å². The summed E-state index contributed by atoms with van der Waals surface area (Å²) in [6, 6.07) is 0.284. The van der Waals surface area contributed by atoms with Gasteiger partial charge in [-0.15, -0.1) is 0 Å². The van der Waals surface area contributed by atoms with E-state index in [2.05, 4.69) is 30.4 Å². The second kappa shape index (κ2) is 7.04. The zero-order chi connectivity index (χ0) is 14.5. The number of sulfonamides is 1. The lowest BCUT2D eigenvalue weighted by molar-refractivity contribution is 0.203. The van der Waals surface area contributed by atoms with Gasteiger partial charge in [-0.2, -0.15) is 0 Å². The van der Waals surface area contributed by atoms with Gasteiger partial charge in [0.2, 0.25) is 10.0 Å². The maximum absolute atomic E-state index is 11.7. The van der Waals surface area contributed by atoms with E-state index >= 15 is 0 Å². The molecule has 1 unspecified atom stereocenters. The van der Waals surface area contributed by atoms with Crippen molar-refractivity contribution < 1.29 is 8.42 Å². The van der Waals surface area contributed by atoms with Gasteiger partial charge in [0.15, 0.2) is 0 Å². The zero-order valence-electron chi connectivity index (χ0n) is 12.9. The minimum atomic E-state index is -3.07. The molecule has 0 saturated carbocycles.